The molecule has 4 heteroatoms. The van der Waals surface area contributed by atoms with Crippen molar-refractivity contribution in [2.75, 3.05) is 0 Å². The quantitative estimate of drug-likeness (QED) is 0.239. The van der Waals surface area contributed by atoms with Crippen LogP contribution in [0.4, 0.5) is 0 Å². The Balaban J connectivity index is 0.000000460. The molecule has 0 saturated heterocycles. The fourth-order valence-corrected chi connectivity index (χ4v) is 2.82. The average molecular weight is 512 g/mol. The zero-order valence-electron chi connectivity index (χ0n) is 20.6. The molecule has 36 heavy (non-hydrogen) atoms. The van der Waals surface area contributed by atoms with Crippen molar-refractivity contribution < 1.29 is 37.0 Å². The molecule has 0 N–H and O–H groups in total. The molecule has 0 spiro atoms. The van der Waals surface area contributed by atoms with Crippen LogP contribution in [-0.4, -0.2) is 0 Å². The summed E-state index contributed by atoms with van der Waals surface area (Å²) in [6.45, 7) is 10.7. The van der Waals surface area contributed by atoms with Gasteiger partial charge in [-0.3, -0.25) is 6.08 Å². The van der Waals surface area contributed by atoms with Crippen molar-refractivity contribution in [3.63, 3.8) is 0 Å². The van der Waals surface area contributed by atoms with Crippen LogP contribution in [0.3, 0.4) is 0 Å². The molecule has 4 rings (SSSR count). The summed E-state index contributed by atoms with van der Waals surface area (Å²) in [6.07, 6.45) is 17.2. The third-order valence-corrected chi connectivity index (χ3v) is 4.60. The molecular formula is C32H32O3Ti. The van der Waals surface area contributed by atoms with Crippen LogP contribution in [0, 0.1) is 6.08 Å². The maximum absolute atomic E-state index is 11.0. The average Bonchev–Trinajstić information content (AvgIpc) is 3.45. The largest absolute Gasteiger partial charge is 4.00 e. The van der Waals surface area contributed by atoms with Gasteiger partial charge in [0.05, 0.1) is 0 Å². The first-order valence-electron chi connectivity index (χ1n) is 11.3. The molecule has 3 aromatic carbocycles. The number of allylic oxidation sites excluding steroid dienone is 7. The Kier molecular flexibility index (Phi) is 18.8. The van der Waals surface area contributed by atoms with Gasteiger partial charge in [-0.15, -0.1) is 43.4 Å². The fraction of sp³-hybridized carbons (Fsp3) is 0.125. The second-order valence-electron chi connectivity index (χ2n) is 7.30. The monoisotopic (exact) mass is 512 g/mol. The SMILES string of the molecule is C=CCc1ccccc1[O-].C=CCc1ccccc1[O-].C=CCc1ccccc1[O-].[C-]1=CC=CC1.[Ti+4]. The number of hydrogen-bond donors (Lipinski definition) is 0. The summed E-state index contributed by atoms with van der Waals surface area (Å²) in [5, 5.41) is 32.9. The van der Waals surface area contributed by atoms with E-state index in [2.05, 4.69) is 31.9 Å². The van der Waals surface area contributed by atoms with Gasteiger partial charge in [-0.1, -0.05) is 108 Å². The predicted molar refractivity (Wildman–Crippen MR) is 141 cm³/mol. The minimum absolute atomic E-state index is 0. The molecule has 182 valence electrons. The van der Waals surface area contributed by atoms with E-state index in [0.717, 1.165) is 23.1 Å². The predicted octanol–water partition coefficient (Wildman–Crippen LogP) is 5.77. The van der Waals surface area contributed by atoms with Crippen molar-refractivity contribution >= 4 is 0 Å². The van der Waals surface area contributed by atoms with E-state index in [0.29, 0.717) is 19.3 Å². The van der Waals surface area contributed by atoms with Crippen LogP contribution in [0.5, 0.6) is 17.2 Å². The van der Waals surface area contributed by atoms with Crippen molar-refractivity contribution in [1.29, 1.82) is 0 Å². The van der Waals surface area contributed by atoms with Crippen LogP contribution in [-0.2, 0) is 41.0 Å². The molecule has 0 fully saturated rings. The summed E-state index contributed by atoms with van der Waals surface area (Å²) in [5.41, 5.74) is 2.45. The van der Waals surface area contributed by atoms with E-state index in [9.17, 15) is 15.3 Å². The van der Waals surface area contributed by atoms with Crippen LogP contribution in [0.25, 0.3) is 0 Å². The topological polar surface area (TPSA) is 69.2 Å². The third kappa shape index (κ3) is 14.0. The molecule has 1 aliphatic carbocycles. The molecule has 0 aromatic heterocycles. The molecule has 0 atom stereocenters. The summed E-state index contributed by atoms with van der Waals surface area (Å²) in [7, 11) is 0. The first-order chi connectivity index (χ1) is 17.0. The summed E-state index contributed by atoms with van der Waals surface area (Å²) in [6, 6.07) is 21.0. The number of benzene rings is 3. The molecule has 0 amide bonds. The number of para-hydroxylation sites is 3. The van der Waals surface area contributed by atoms with Crippen LogP contribution >= 0.6 is 0 Å². The van der Waals surface area contributed by atoms with E-state index in [4.69, 9.17) is 0 Å². The van der Waals surface area contributed by atoms with E-state index in [1.54, 1.807) is 54.6 Å². The Bertz CT molecular complexity index is 967. The van der Waals surface area contributed by atoms with Crippen molar-refractivity contribution in [1.82, 2.24) is 0 Å². The van der Waals surface area contributed by atoms with Crippen LogP contribution in [0.2, 0.25) is 0 Å². The van der Waals surface area contributed by atoms with Gasteiger partial charge in [0.25, 0.3) is 0 Å². The van der Waals surface area contributed by atoms with Gasteiger partial charge in [0.15, 0.2) is 0 Å². The molecule has 1 aliphatic rings. The van der Waals surface area contributed by atoms with E-state index >= 15 is 0 Å². The van der Waals surface area contributed by atoms with Gasteiger partial charge in [-0.2, -0.15) is 6.08 Å². The molecule has 0 heterocycles. The Morgan fingerprint density at radius 3 is 1.14 bits per heavy atom. The Labute approximate surface area is 231 Å². The molecule has 0 aliphatic heterocycles. The zero-order chi connectivity index (χ0) is 25.7. The third-order valence-electron chi connectivity index (χ3n) is 4.60. The fourth-order valence-electron chi connectivity index (χ4n) is 2.82. The molecule has 0 radical (unpaired) electrons. The number of hydrogen-bond acceptors (Lipinski definition) is 3. The first kappa shape index (κ1) is 32.5. The minimum Gasteiger partial charge on any atom is -0.872 e. The van der Waals surface area contributed by atoms with Crippen molar-refractivity contribution in [3.05, 3.63) is 152 Å². The smallest absolute Gasteiger partial charge is 0.872 e. The van der Waals surface area contributed by atoms with E-state index in [1.807, 2.05) is 48.6 Å². The standard InChI is InChI=1S/3C9H10O.C5H5.Ti/c3*1-2-5-8-6-3-4-7-9(8)10;1-2-4-5-3-1;/h3*2-4,6-7,10H,1,5H2;1-3H,4H2;/q;;;-1;+4/p-3. The molecule has 0 bridgehead atoms. The Morgan fingerprint density at radius 1 is 0.611 bits per heavy atom. The van der Waals surface area contributed by atoms with Crippen molar-refractivity contribution in [3.8, 4) is 17.2 Å². The second kappa shape index (κ2) is 20.8. The second-order valence-corrected chi connectivity index (χ2v) is 7.30. The molecule has 3 aromatic rings. The maximum atomic E-state index is 11.0. The van der Waals surface area contributed by atoms with E-state index in [1.165, 1.54) is 0 Å². The molecule has 0 saturated carbocycles. The zero-order valence-corrected chi connectivity index (χ0v) is 22.1. The minimum atomic E-state index is 0. The van der Waals surface area contributed by atoms with Crippen LogP contribution < -0.4 is 15.3 Å². The number of rotatable bonds is 6. The van der Waals surface area contributed by atoms with Gasteiger partial charge in [0.2, 0.25) is 0 Å². The van der Waals surface area contributed by atoms with Crippen molar-refractivity contribution in [2.24, 2.45) is 0 Å². The van der Waals surface area contributed by atoms with Gasteiger partial charge >= 0.3 is 21.7 Å². The maximum Gasteiger partial charge on any atom is 4.00 e. The van der Waals surface area contributed by atoms with Crippen LogP contribution in [0.15, 0.2) is 129 Å². The Morgan fingerprint density at radius 2 is 0.944 bits per heavy atom. The van der Waals surface area contributed by atoms with Gasteiger partial charge in [0, 0.05) is 0 Å². The summed E-state index contributed by atoms with van der Waals surface area (Å²) < 4.78 is 0. The van der Waals surface area contributed by atoms with Gasteiger partial charge in [-0.05, 0) is 19.3 Å². The summed E-state index contributed by atoms with van der Waals surface area (Å²) >= 11 is 0. The Hall–Kier alpha value is -3.53. The molecule has 3 nitrogen and oxygen atoms in total. The van der Waals surface area contributed by atoms with Crippen molar-refractivity contribution in [2.45, 2.75) is 25.7 Å². The molecular weight excluding hydrogens is 480 g/mol. The summed E-state index contributed by atoms with van der Waals surface area (Å²) in [4.78, 5) is 0. The molecule has 0 unspecified atom stereocenters. The van der Waals surface area contributed by atoms with E-state index in [-0.39, 0.29) is 39.0 Å². The normalized spacial score (nSPS) is 10.1. The van der Waals surface area contributed by atoms with Gasteiger partial charge in [-0.25, -0.2) is 12.2 Å². The van der Waals surface area contributed by atoms with Gasteiger partial charge in [0.1, 0.15) is 0 Å². The van der Waals surface area contributed by atoms with Crippen LogP contribution in [0.1, 0.15) is 23.1 Å². The first-order valence-corrected chi connectivity index (χ1v) is 11.3. The van der Waals surface area contributed by atoms with Gasteiger partial charge < -0.3 is 15.3 Å². The summed E-state index contributed by atoms with van der Waals surface area (Å²) in [5.74, 6) is 0.298. The van der Waals surface area contributed by atoms with E-state index < -0.39 is 0 Å².